The van der Waals surface area contributed by atoms with Crippen molar-refractivity contribution in [3.63, 3.8) is 0 Å². The lowest BCUT2D eigenvalue weighted by Gasteiger charge is -2.42. The third-order valence-electron chi connectivity index (χ3n) is 6.45. The highest BCUT2D eigenvalue weighted by Gasteiger charge is 2.37. The second kappa shape index (κ2) is 7.00. The maximum Gasteiger partial charge on any atom is 0.0246 e. The number of hydrogen-bond acceptors (Lipinski definition) is 2. The Bertz CT molecular complexity index is 310. The van der Waals surface area contributed by atoms with Crippen LogP contribution in [0, 0.1) is 29.1 Å². The van der Waals surface area contributed by atoms with Crippen LogP contribution >= 0.6 is 0 Å². The molecule has 1 saturated carbocycles. The predicted molar refractivity (Wildman–Crippen MR) is 92.3 cm³/mol. The molecule has 2 atom stereocenters. The van der Waals surface area contributed by atoms with Crippen LogP contribution in [0.2, 0.25) is 0 Å². The van der Waals surface area contributed by atoms with Gasteiger partial charge in [0.15, 0.2) is 0 Å². The number of nitrogens with zero attached hydrogens (tertiary/aromatic N) is 1. The molecule has 2 aliphatic rings. The highest BCUT2D eigenvalue weighted by atomic mass is 15.2. The summed E-state index contributed by atoms with van der Waals surface area (Å²) in [5.74, 6) is 3.48. The van der Waals surface area contributed by atoms with E-state index in [-0.39, 0.29) is 0 Å². The summed E-state index contributed by atoms with van der Waals surface area (Å²) in [4.78, 5) is 2.73. The zero-order chi connectivity index (χ0) is 15.6. The molecule has 2 nitrogen and oxygen atoms in total. The number of rotatable bonds is 4. The molecule has 0 amide bonds. The van der Waals surface area contributed by atoms with E-state index in [1.807, 2.05) is 0 Å². The molecule has 0 bridgehead atoms. The summed E-state index contributed by atoms with van der Waals surface area (Å²) >= 11 is 0. The largest absolute Gasteiger partial charge is 0.329 e. The normalized spacial score (nSPS) is 33.6. The summed E-state index contributed by atoms with van der Waals surface area (Å²) in [7, 11) is 0. The Kier molecular flexibility index (Phi) is 5.76. The first-order chi connectivity index (χ1) is 9.82. The lowest BCUT2D eigenvalue weighted by molar-refractivity contribution is 0.0911. The van der Waals surface area contributed by atoms with E-state index in [1.165, 1.54) is 45.2 Å². The van der Waals surface area contributed by atoms with Crippen LogP contribution < -0.4 is 5.73 Å². The van der Waals surface area contributed by atoms with Gasteiger partial charge in [0.1, 0.15) is 0 Å². The van der Waals surface area contributed by atoms with Crippen molar-refractivity contribution >= 4 is 0 Å². The fourth-order valence-electron chi connectivity index (χ4n) is 4.67. The molecular formula is C19H38N2. The van der Waals surface area contributed by atoms with Gasteiger partial charge < -0.3 is 5.73 Å². The van der Waals surface area contributed by atoms with Crippen LogP contribution in [0.1, 0.15) is 66.7 Å². The minimum absolute atomic E-state index is 0.486. The van der Waals surface area contributed by atoms with Crippen LogP contribution in [0.25, 0.3) is 0 Å². The Balaban J connectivity index is 1.89. The molecule has 2 unspecified atom stereocenters. The van der Waals surface area contributed by atoms with Gasteiger partial charge in [-0.25, -0.2) is 0 Å². The molecule has 2 heteroatoms. The Labute approximate surface area is 132 Å². The molecule has 0 aromatic rings. The second-order valence-electron chi connectivity index (χ2n) is 9.07. The van der Waals surface area contributed by atoms with Gasteiger partial charge in [-0.3, -0.25) is 4.90 Å². The fourth-order valence-corrected chi connectivity index (χ4v) is 4.67. The van der Waals surface area contributed by atoms with Crippen LogP contribution in [-0.2, 0) is 0 Å². The number of likely N-dealkylation sites (tertiary alicyclic amines) is 1. The van der Waals surface area contributed by atoms with Crippen molar-refractivity contribution in [1.82, 2.24) is 4.90 Å². The molecule has 0 spiro atoms. The van der Waals surface area contributed by atoms with Gasteiger partial charge in [0, 0.05) is 19.1 Å². The van der Waals surface area contributed by atoms with E-state index >= 15 is 0 Å². The maximum atomic E-state index is 6.18. The molecule has 2 fully saturated rings. The first-order valence-corrected chi connectivity index (χ1v) is 9.27. The summed E-state index contributed by atoms with van der Waals surface area (Å²) < 4.78 is 0. The monoisotopic (exact) mass is 294 g/mol. The Hall–Kier alpha value is -0.0800. The minimum Gasteiger partial charge on any atom is -0.329 e. The van der Waals surface area contributed by atoms with E-state index < -0.39 is 0 Å². The number of hydrogen-bond donors (Lipinski definition) is 1. The van der Waals surface area contributed by atoms with E-state index in [0.717, 1.165) is 30.2 Å². The molecule has 0 radical (unpaired) electrons. The van der Waals surface area contributed by atoms with E-state index in [0.29, 0.717) is 11.5 Å². The average Bonchev–Trinajstić information content (AvgIpc) is 2.89. The van der Waals surface area contributed by atoms with Crippen LogP contribution in [-0.4, -0.2) is 30.6 Å². The van der Waals surface area contributed by atoms with Crippen LogP contribution in [0.3, 0.4) is 0 Å². The lowest BCUT2D eigenvalue weighted by Crippen LogP contribution is -2.46. The molecule has 1 saturated heterocycles. The van der Waals surface area contributed by atoms with Gasteiger partial charge >= 0.3 is 0 Å². The topological polar surface area (TPSA) is 29.3 Å². The third-order valence-corrected chi connectivity index (χ3v) is 6.45. The molecular weight excluding hydrogens is 256 g/mol. The van der Waals surface area contributed by atoms with Crippen molar-refractivity contribution in [1.29, 1.82) is 0 Å². The first kappa shape index (κ1) is 17.3. The van der Waals surface area contributed by atoms with Crippen LogP contribution in [0.4, 0.5) is 0 Å². The smallest absolute Gasteiger partial charge is 0.0246 e. The standard InChI is InChI=1S/C19H38N2/c1-14(2)16-10-11-21(13-16)18(12-20)15-6-8-17(9-7-15)19(3,4)5/h14-18H,6-13,20H2,1-5H3. The maximum absolute atomic E-state index is 6.18. The van der Waals surface area contributed by atoms with Crippen LogP contribution in [0.15, 0.2) is 0 Å². The number of nitrogens with two attached hydrogens (primary N) is 1. The molecule has 0 aromatic heterocycles. The Morgan fingerprint density at radius 1 is 1.00 bits per heavy atom. The Morgan fingerprint density at radius 2 is 1.62 bits per heavy atom. The fraction of sp³-hybridized carbons (Fsp3) is 1.00. The average molecular weight is 295 g/mol. The van der Waals surface area contributed by atoms with Gasteiger partial charge in [-0.2, -0.15) is 0 Å². The second-order valence-corrected chi connectivity index (χ2v) is 9.07. The highest BCUT2D eigenvalue weighted by molar-refractivity contribution is 4.90. The van der Waals surface area contributed by atoms with E-state index in [2.05, 4.69) is 39.5 Å². The van der Waals surface area contributed by atoms with Crippen molar-refractivity contribution in [2.75, 3.05) is 19.6 Å². The molecule has 0 aromatic carbocycles. The lowest BCUT2D eigenvalue weighted by atomic mass is 9.68. The summed E-state index contributed by atoms with van der Waals surface area (Å²) in [6.07, 6.45) is 6.99. The van der Waals surface area contributed by atoms with E-state index in [4.69, 9.17) is 5.73 Å². The van der Waals surface area contributed by atoms with Crippen molar-refractivity contribution in [3.8, 4) is 0 Å². The zero-order valence-electron chi connectivity index (χ0n) is 15.1. The molecule has 21 heavy (non-hydrogen) atoms. The van der Waals surface area contributed by atoms with Gasteiger partial charge in [-0.05, 0) is 67.7 Å². The summed E-state index contributed by atoms with van der Waals surface area (Å²) in [5.41, 5.74) is 6.67. The van der Waals surface area contributed by atoms with Gasteiger partial charge in [-0.1, -0.05) is 34.6 Å². The first-order valence-electron chi connectivity index (χ1n) is 9.27. The molecule has 124 valence electrons. The predicted octanol–water partition coefficient (Wildman–Crippen LogP) is 4.14. The Morgan fingerprint density at radius 3 is 2.05 bits per heavy atom. The quantitative estimate of drug-likeness (QED) is 0.844. The summed E-state index contributed by atoms with van der Waals surface area (Å²) in [6, 6.07) is 0.648. The van der Waals surface area contributed by atoms with Gasteiger partial charge in [-0.15, -0.1) is 0 Å². The van der Waals surface area contributed by atoms with Crippen molar-refractivity contribution < 1.29 is 0 Å². The van der Waals surface area contributed by atoms with E-state index in [1.54, 1.807) is 0 Å². The highest BCUT2D eigenvalue weighted by Crippen LogP contribution is 2.42. The van der Waals surface area contributed by atoms with Crippen molar-refractivity contribution in [3.05, 3.63) is 0 Å². The minimum atomic E-state index is 0.486. The SMILES string of the molecule is CC(C)C1CCN(C(CN)C2CCC(C(C)(C)C)CC2)C1. The summed E-state index contributed by atoms with van der Waals surface area (Å²) in [5, 5.41) is 0. The van der Waals surface area contributed by atoms with E-state index in [9.17, 15) is 0 Å². The van der Waals surface area contributed by atoms with Crippen LogP contribution in [0.5, 0.6) is 0 Å². The van der Waals surface area contributed by atoms with Gasteiger partial charge in [0.2, 0.25) is 0 Å². The van der Waals surface area contributed by atoms with Crippen molar-refractivity contribution in [2.24, 2.45) is 34.8 Å². The molecule has 1 aliphatic heterocycles. The molecule has 1 heterocycles. The molecule has 2 rings (SSSR count). The third kappa shape index (κ3) is 4.22. The van der Waals surface area contributed by atoms with Gasteiger partial charge in [0.05, 0.1) is 0 Å². The van der Waals surface area contributed by atoms with Crippen molar-refractivity contribution in [2.45, 2.75) is 72.8 Å². The molecule has 1 aliphatic carbocycles. The molecule has 2 N–H and O–H groups in total. The summed E-state index contributed by atoms with van der Waals surface area (Å²) in [6.45, 7) is 15.4. The van der Waals surface area contributed by atoms with Gasteiger partial charge in [0.25, 0.3) is 0 Å². The zero-order valence-corrected chi connectivity index (χ0v) is 15.1.